The summed E-state index contributed by atoms with van der Waals surface area (Å²) in [7, 11) is 0. The maximum absolute atomic E-state index is 13.1. The molecular weight excluding hydrogens is 236 g/mol. The predicted molar refractivity (Wildman–Crippen MR) is 55.0 cm³/mol. The number of rotatable bonds is 3. The normalized spacial score (nSPS) is 10.4. The van der Waals surface area contributed by atoms with Gasteiger partial charge in [0.2, 0.25) is 5.13 Å². The number of hydrogen-bond donors (Lipinski definition) is 1. The van der Waals surface area contributed by atoms with Crippen LogP contribution < -0.4 is 10.5 Å². The van der Waals surface area contributed by atoms with E-state index in [1.807, 2.05) is 0 Å². The summed E-state index contributed by atoms with van der Waals surface area (Å²) < 4.78 is 30.8. The van der Waals surface area contributed by atoms with Crippen molar-refractivity contribution < 1.29 is 13.5 Å². The van der Waals surface area contributed by atoms with Crippen LogP contribution in [0, 0.1) is 11.6 Å². The molecule has 4 nitrogen and oxygen atoms in total. The number of benzene rings is 1. The highest BCUT2D eigenvalue weighted by Crippen LogP contribution is 2.20. The number of aromatic nitrogens is 2. The van der Waals surface area contributed by atoms with E-state index >= 15 is 0 Å². The van der Waals surface area contributed by atoms with Gasteiger partial charge in [-0.1, -0.05) is 11.3 Å². The lowest BCUT2D eigenvalue weighted by Crippen LogP contribution is -1.97. The second-order valence-electron chi connectivity index (χ2n) is 2.90. The van der Waals surface area contributed by atoms with Crippen molar-refractivity contribution >= 4 is 16.5 Å². The number of halogens is 2. The molecule has 0 aliphatic rings. The number of hydrogen-bond acceptors (Lipinski definition) is 5. The molecule has 16 heavy (non-hydrogen) atoms. The van der Waals surface area contributed by atoms with E-state index in [0.717, 1.165) is 23.5 Å². The summed E-state index contributed by atoms with van der Waals surface area (Å²) >= 11 is 1.15. The van der Waals surface area contributed by atoms with Crippen molar-refractivity contribution in [2.75, 3.05) is 5.73 Å². The Balaban J connectivity index is 2.04. The van der Waals surface area contributed by atoms with Gasteiger partial charge in [-0.15, -0.1) is 10.2 Å². The van der Waals surface area contributed by atoms with E-state index in [9.17, 15) is 8.78 Å². The average molecular weight is 243 g/mol. The molecule has 0 atom stereocenters. The van der Waals surface area contributed by atoms with Gasteiger partial charge in [0.05, 0.1) is 0 Å². The van der Waals surface area contributed by atoms with Crippen molar-refractivity contribution in [3.8, 4) is 5.75 Å². The zero-order valence-corrected chi connectivity index (χ0v) is 8.80. The third-order valence-corrected chi connectivity index (χ3v) is 2.45. The van der Waals surface area contributed by atoms with Gasteiger partial charge in [-0.25, -0.2) is 8.78 Å². The van der Waals surface area contributed by atoms with Gasteiger partial charge in [0.15, 0.2) is 16.6 Å². The smallest absolute Gasteiger partial charge is 0.203 e. The van der Waals surface area contributed by atoms with E-state index in [-0.39, 0.29) is 12.4 Å². The quantitative estimate of drug-likeness (QED) is 0.895. The van der Waals surface area contributed by atoms with Gasteiger partial charge < -0.3 is 10.5 Å². The molecule has 2 N–H and O–H groups in total. The molecule has 2 rings (SSSR count). The van der Waals surface area contributed by atoms with Crippen molar-refractivity contribution in [3.05, 3.63) is 34.8 Å². The molecule has 0 fully saturated rings. The summed E-state index contributed by atoms with van der Waals surface area (Å²) in [5.74, 6) is -1.43. The minimum atomic E-state index is -0.752. The van der Waals surface area contributed by atoms with Crippen LogP contribution >= 0.6 is 11.3 Å². The fourth-order valence-corrected chi connectivity index (χ4v) is 1.58. The second kappa shape index (κ2) is 4.40. The Morgan fingerprint density at radius 3 is 2.75 bits per heavy atom. The highest BCUT2D eigenvalue weighted by Gasteiger charge is 2.07. The lowest BCUT2D eigenvalue weighted by Gasteiger charge is -2.04. The summed E-state index contributed by atoms with van der Waals surface area (Å²) in [4.78, 5) is 0. The van der Waals surface area contributed by atoms with Crippen LogP contribution in [0.5, 0.6) is 5.75 Å². The van der Waals surface area contributed by atoms with Gasteiger partial charge in [0.1, 0.15) is 12.4 Å². The van der Waals surface area contributed by atoms with Gasteiger partial charge >= 0.3 is 0 Å². The Morgan fingerprint density at radius 1 is 1.31 bits per heavy atom. The summed E-state index contributed by atoms with van der Waals surface area (Å²) in [6.07, 6.45) is 0. The fraction of sp³-hybridized carbons (Fsp3) is 0.111. The van der Waals surface area contributed by atoms with Crippen LogP contribution in [0.1, 0.15) is 5.01 Å². The summed E-state index contributed by atoms with van der Waals surface area (Å²) in [6, 6.07) is 3.09. The fourth-order valence-electron chi connectivity index (χ4n) is 1.06. The molecule has 1 aromatic carbocycles. The third kappa shape index (κ3) is 2.43. The highest BCUT2D eigenvalue weighted by molar-refractivity contribution is 7.15. The lowest BCUT2D eigenvalue weighted by molar-refractivity contribution is 0.288. The van der Waals surface area contributed by atoms with Gasteiger partial charge in [-0.05, 0) is 12.1 Å². The standard InChI is InChI=1S/C9H7F2N3OS/c10-5-1-2-7(6(11)3-5)15-4-8-13-14-9(12)16-8/h1-3H,4H2,(H2,12,14). The maximum Gasteiger partial charge on any atom is 0.203 e. The van der Waals surface area contributed by atoms with E-state index in [0.29, 0.717) is 10.1 Å². The van der Waals surface area contributed by atoms with Crippen LogP contribution in [0.4, 0.5) is 13.9 Å². The number of anilines is 1. The Bertz CT molecular complexity index is 503. The topological polar surface area (TPSA) is 61.0 Å². The summed E-state index contributed by atoms with van der Waals surface area (Å²) in [5.41, 5.74) is 5.36. The van der Waals surface area contributed by atoms with Crippen LogP contribution in [0.3, 0.4) is 0 Å². The van der Waals surface area contributed by atoms with Gasteiger partial charge in [0, 0.05) is 6.07 Å². The first-order chi connectivity index (χ1) is 7.65. The Kier molecular flexibility index (Phi) is 2.95. The minimum absolute atomic E-state index is 0.0322. The Morgan fingerprint density at radius 2 is 2.12 bits per heavy atom. The first-order valence-electron chi connectivity index (χ1n) is 4.31. The molecule has 84 valence electrons. The molecule has 0 radical (unpaired) electrons. The number of ether oxygens (including phenoxy) is 1. The molecule has 0 aliphatic heterocycles. The van der Waals surface area contributed by atoms with Crippen molar-refractivity contribution in [3.63, 3.8) is 0 Å². The lowest BCUT2D eigenvalue weighted by atomic mass is 10.3. The molecule has 1 heterocycles. The number of nitrogens with zero attached hydrogens (tertiary/aromatic N) is 2. The van der Waals surface area contributed by atoms with Crippen LogP contribution in [-0.2, 0) is 6.61 Å². The minimum Gasteiger partial charge on any atom is -0.483 e. The summed E-state index contributed by atoms with van der Waals surface area (Å²) in [6.45, 7) is 0.0530. The maximum atomic E-state index is 13.1. The largest absolute Gasteiger partial charge is 0.483 e. The first kappa shape index (κ1) is 10.7. The van der Waals surface area contributed by atoms with Crippen LogP contribution in [-0.4, -0.2) is 10.2 Å². The zero-order valence-electron chi connectivity index (χ0n) is 7.98. The molecule has 0 saturated heterocycles. The van der Waals surface area contributed by atoms with Gasteiger partial charge in [-0.2, -0.15) is 0 Å². The SMILES string of the molecule is Nc1nnc(COc2ccc(F)cc2F)s1. The zero-order chi connectivity index (χ0) is 11.5. The molecule has 0 saturated carbocycles. The molecule has 1 aromatic heterocycles. The van der Waals surface area contributed by atoms with Crippen LogP contribution in [0.25, 0.3) is 0 Å². The van der Waals surface area contributed by atoms with Crippen LogP contribution in [0.15, 0.2) is 18.2 Å². The van der Waals surface area contributed by atoms with Crippen molar-refractivity contribution in [1.82, 2.24) is 10.2 Å². The highest BCUT2D eigenvalue weighted by atomic mass is 32.1. The molecule has 2 aromatic rings. The van der Waals surface area contributed by atoms with E-state index in [1.165, 1.54) is 6.07 Å². The number of nitrogens with two attached hydrogens (primary N) is 1. The molecule has 0 bridgehead atoms. The van der Waals surface area contributed by atoms with Gasteiger partial charge in [-0.3, -0.25) is 0 Å². The van der Waals surface area contributed by atoms with Gasteiger partial charge in [0.25, 0.3) is 0 Å². The molecule has 0 amide bonds. The third-order valence-electron chi connectivity index (χ3n) is 1.73. The monoisotopic (exact) mass is 243 g/mol. The Hall–Kier alpha value is -1.76. The summed E-state index contributed by atoms with van der Waals surface area (Å²) in [5, 5.41) is 8.12. The van der Waals surface area contributed by atoms with Crippen molar-refractivity contribution in [2.24, 2.45) is 0 Å². The molecule has 0 unspecified atom stereocenters. The van der Waals surface area contributed by atoms with E-state index in [2.05, 4.69) is 10.2 Å². The second-order valence-corrected chi connectivity index (χ2v) is 3.99. The van der Waals surface area contributed by atoms with E-state index in [4.69, 9.17) is 10.5 Å². The molecule has 0 spiro atoms. The molecule has 7 heteroatoms. The average Bonchev–Trinajstić information content (AvgIpc) is 2.63. The van der Waals surface area contributed by atoms with Crippen molar-refractivity contribution in [2.45, 2.75) is 6.61 Å². The van der Waals surface area contributed by atoms with E-state index < -0.39 is 11.6 Å². The number of nitrogen functional groups attached to an aromatic ring is 1. The molecular formula is C9H7F2N3OS. The first-order valence-corrected chi connectivity index (χ1v) is 5.12. The van der Waals surface area contributed by atoms with Crippen LogP contribution in [0.2, 0.25) is 0 Å². The van der Waals surface area contributed by atoms with Crippen molar-refractivity contribution in [1.29, 1.82) is 0 Å². The predicted octanol–water partition coefficient (Wildman–Crippen LogP) is 1.98. The van der Waals surface area contributed by atoms with E-state index in [1.54, 1.807) is 0 Å². The molecule has 0 aliphatic carbocycles. The Labute approximate surface area is 93.7 Å².